The largest absolute Gasteiger partial charge is 0.491 e. The molecule has 1 unspecified atom stereocenters. The molecule has 3 rings (SSSR count). The highest BCUT2D eigenvalue weighted by Crippen LogP contribution is 2.24. The van der Waals surface area contributed by atoms with E-state index in [4.69, 9.17) is 4.74 Å². The van der Waals surface area contributed by atoms with Gasteiger partial charge in [0.1, 0.15) is 5.75 Å². The maximum absolute atomic E-state index is 5.81. The highest BCUT2D eigenvalue weighted by molar-refractivity contribution is 5.29. The van der Waals surface area contributed by atoms with Crippen LogP contribution in [-0.4, -0.2) is 35.6 Å². The SMILES string of the molecule is CC(C)Oc1cccc(CN2CCNCC2c2cccnc2)c1. The van der Waals surface area contributed by atoms with Crippen molar-refractivity contribution >= 4 is 0 Å². The number of benzene rings is 1. The second kappa shape index (κ2) is 7.57. The fraction of sp³-hybridized carbons (Fsp3) is 0.421. The maximum atomic E-state index is 5.81. The molecule has 0 radical (unpaired) electrons. The third-order valence-corrected chi connectivity index (χ3v) is 4.08. The molecule has 1 aliphatic heterocycles. The lowest BCUT2D eigenvalue weighted by molar-refractivity contribution is 0.153. The molecule has 1 N–H and O–H groups in total. The van der Waals surface area contributed by atoms with Crippen LogP contribution in [0.2, 0.25) is 0 Å². The van der Waals surface area contributed by atoms with Crippen LogP contribution in [0.4, 0.5) is 0 Å². The highest BCUT2D eigenvalue weighted by Gasteiger charge is 2.23. The summed E-state index contributed by atoms with van der Waals surface area (Å²) in [4.78, 5) is 6.79. The number of rotatable bonds is 5. The van der Waals surface area contributed by atoms with E-state index in [0.717, 1.165) is 31.9 Å². The molecule has 0 spiro atoms. The molecule has 0 saturated carbocycles. The van der Waals surface area contributed by atoms with Crippen LogP contribution in [0, 0.1) is 0 Å². The van der Waals surface area contributed by atoms with Gasteiger partial charge in [-0.25, -0.2) is 0 Å². The lowest BCUT2D eigenvalue weighted by Gasteiger charge is -2.36. The van der Waals surface area contributed by atoms with Crippen molar-refractivity contribution in [1.29, 1.82) is 0 Å². The number of nitrogens with one attached hydrogen (secondary N) is 1. The first-order valence-electron chi connectivity index (χ1n) is 8.32. The van der Waals surface area contributed by atoms with Gasteiger partial charge in [0, 0.05) is 44.6 Å². The molecule has 2 aromatic rings. The smallest absolute Gasteiger partial charge is 0.120 e. The minimum atomic E-state index is 0.201. The molecule has 2 heterocycles. The van der Waals surface area contributed by atoms with Crippen LogP contribution in [0.5, 0.6) is 5.75 Å². The Kier molecular flexibility index (Phi) is 5.26. The highest BCUT2D eigenvalue weighted by atomic mass is 16.5. The Balaban J connectivity index is 1.74. The molecule has 1 aliphatic rings. The molecule has 4 heteroatoms. The van der Waals surface area contributed by atoms with E-state index in [1.54, 1.807) is 0 Å². The molecule has 1 saturated heterocycles. The first-order chi connectivity index (χ1) is 11.2. The zero-order valence-electron chi connectivity index (χ0n) is 13.9. The molecular formula is C19H25N3O. The zero-order chi connectivity index (χ0) is 16.1. The standard InChI is InChI=1S/C19H25N3O/c1-15(2)23-18-7-3-5-16(11-18)14-22-10-9-21-13-19(22)17-6-4-8-20-12-17/h3-8,11-12,15,19,21H,9-10,13-14H2,1-2H3. The molecule has 122 valence electrons. The Morgan fingerprint density at radius 2 is 2.22 bits per heavy atom. The molecule has 1 atom stereocenters. The molecule has 0 aliphatic carbocycles. The van der Waals surface area contributed by atoms with Gasteiger partial charge in [0.15, 0.2) is 0 Å². The fourth-order valence-corrected chi connectivity index (χ4v) is 3.06. The van der Waals surface area contributed by atoms with Crippen molar-refractivity contribution in [2.24, 2.45) is 0 Å². The summed E-state index contributed by atoms with van der Waals surface area (Å²) in [5.41, 5.74) is 2.56. The van der Waals surface area contributed by atoms with E-state index in [9.17, 15) is 0 Å². The molecule has 1 aromatic carbocycles. The first kappa shape index (κ1) is 16.0. The number of piperazine rings is 1. The van der Waals surface area contributed by atoms with Crippen LogP contribution in [0.1, 0.15) is 31.0 Å². The molecule has 0 amide bonds. The van der Waals surface area contributed by atoms with E-state index >= 15 is 0 Å². The third kappa shape index (κ3) is 4.30. The lowest BCUT2D eigenvalue weighted by atomic mass is 10.0. The summed E-state index contributed by atoms with van der Waals surface area (Å²) in [6.45, 7) is 8.07. The monoisotopic (exact) mass is 311 g/mol. The summed E-state index contributed by atoms with van der Waals surface area (Å²) in [7, 11) is 0. The minimum absolute atomic E-state index is 0.201. The quantitative estimate of drug-likeness (QED) is 0.921. The Bertz CT molecular complexity index is 615. The van der Waals surface area contributed by atoms with Gasteiger partial charge in [-0.2, -0.15) is 0 Å². The van der Waals surface area contributed by atoms with Crippen molar-refractivity contribution in [3.63, 3.8) is 0 Å². The Hall–Kier alpha value is -1.91. The summed E-state index contributed by atoms with van der Waals surface area (Å²) >= 11 is 0. The predicted molar refractivity (Wildman–Crippen MR) is 92.5 cm³/mol. The van der Waals surface area contributed by atoms with Gasteiger partial charge in [0.25, 0.3) is 0 Å². The average molecular weight is 311 g/mol. The molecule has 23 heavy (non-hydrogen) atoms. The van der Waals surface area contributed by atoms with E-state index < -0.39 is 0 Å². The van der Waals surface area contributed by atoms with E-state index in [2.05, 4.69) is 53.3 Å². The van der Waals surface area contributed by atoms with Crippen molar-refractivity contribution in [1.82, 2.24) is 15.2 Å². The Labute approximate surface area is 138 Å². The molecule has 1 aromatic heterocycles. The summed E-state index contributed by atoms with van der Waals surface area (Å²) in [5.74, 6) is 0.950. The lowest BCUT2D eigenvalue weighted by Crippen LogP contribution is -2.45. The second-order valence-corrected chi connectivity index (χ2v) is 6.29. The zero-order valence-corrected chi connectivity index (χ0v) is 13.9. The summed E-state index contributed by atoms with van der Waals surface area (Å²) in [6.07, 6.45) is 4.01. The van der Waals surface area contributed by atoms with Gasteiger partial charge < -0.3 is 10.1 Å². The van der Waals surface area contributed by atoms with Crippen LogP contribution in [-0.2, 0) is 6.54 Å². The van der Waals surface area contributed by atoms with E-state index in [-0.39, 0.29) is 6.10 Å². The van der Waals surface area contributed by atoms with Crippen molar-refractivity contribution in [2.75, 3.05) is 19.6 Å². The predicted octanol–water partition coefficient (Wildman–Crippen LogP) is 3.02. The van der Waals surface area contributed by atoms with Crippen molar-refractivity contribution < 1.29 is 4.74 Å². The van der Waals surface area contributed by atoms with Gasteiger partial charge in [-0.1, -0.05) is 18.2 Å². The number of hydrogen-bond donors (Lipinski definition) is 1. The van der Waals surface area contributed by atoms with Gasteiger partial charge in [-0.05, 0) is 43.2 Å². The van der Waals surface area contributed by atoms with Gasteiger partial charge in [0.2, 0.25) is 0 Å². The molecule has 4 nitrogen and oxygen atoms in total. The van der Waals surface area contributed by atoms with Gasteiger partial charge in [-0.3, -0.25) is 9.88 Å². The minimum Gasteiger partial charge on any atom is -0.491 e. The first-order valence-corrected chi connectivity index (χ1v) is 8.32. The van der Waals surface area contributed by atoms with Gasteiger partial charge in [0.05, 0.1) is 6.10 Å². The van der Waals surface area contributed by atoms with Crippen LogP contribution >= 0.6 is 0 Å². The number of pyridine rings is 1. The fourth-order valence-electron chi connectivity index (χ4n) is 3.06. The second-order valence-electron chi connectivity index (χ2n) is 6.29. The van der Waals surface area contributed by atoms with Crippen LogP contribution < -0.4 is 10.1 Å². The number of aromatic nitrogens is 1. The van der Waals surface area contributed by atoms with Crippen LogP contribution in [0.3, 0.4) is 0 Å². The number of nitrogens with zero attached hydrogens (tertiary/aromatic N) is 2. The van der Waals surface area contributed by atoms with Gasteiger partial charge in [-0.15, -0.1) is 0 Å². The number of ether oxygens (including phenoxy) is 1. The molecular weight excluding hydrogens is 286 g/mol. The molecule has 0 bridgehead atoms. The van der Waals surface area contributed by atoms with Crippen LogP contribution in [0.15, 0.2) is 48.8 Å². The number of hydrogen-bond acceptors (Lipinski definition) is 4. The third-order valence-electron chi connectivity index (χ3n) is 4.08. The van der Waals surface area contributed by atoms with Crippen molar-refractivity contribution in [3.05, 3.63) is 59.9 Å². The maximum Gasteiger partial charge on any atom is 0.120 e. The van der Waals surface area contributed by atoms with Crippen LogP contribution in [0.25, 0.3) is 0 Å². The van der Waals surface area contributed by atoms with E-state index in [0.29, 0.717) is 6.04 Å². The Morgan fingerprint density at radius 1 is 1.30 bits per heavy atom. The summed E-state index contributed by atoms with van der Waals surface area (Å²) in [5, 5.41) is 3.49. The average Bonchev–Trinajstić information content (AvgIpc) is 2.56. The summed E-state index contributed by atoms with van der Waals surface area (Å²) < 4.78 is 5.81. The Morgan fingerprint density at radius 3 is 3.00 bits per heavy atom. The summed E-state index contributed by atoms with van der Waals surface area (Å²) in [6, 6.07) is 13.0. The van der Waals surface area contributed by atoms with Crippen molar-refractivity contribution in [2.45, 2.75) is 32.5 Å². The normalized spacial score (nSPS) is 19.0. The van der Waals surface area contributed by atoms with E-state index in [1.165, 1.54) is 11.1 Å². The van der Waals surface area contributed by atoms with Crippen molar-refractivity contribution in [3.8, 4) is 5.75 Å². The topological polar surface area (TPSA) is 37.4 Å². The molecule has 1 fully saturated rings. The van der Waals surface area contributed by atoms with E-state index in [1.807, 2.05) is 24.5 Å². The van der Waals surface area contributed by atoms with Gasteiger partial charge >= 0.3 is 0 Å².